The van der Waals surface area contributed by atoms with Crippen molar-refractivity contribution in [2.75, 3.05) is 12.0 Å². The van der Waals surface area contributed by atoms with Gasteiger partial charge in [-0.3, -0.25) is 0 Å². The minimum atomic E-state index is -0.461. The first-order valence-electron chi connectivity index (χ1n) is 20.1. The average Bonchev–Trinajstić information content (AvgIpc) is 3.85. The van der Waals surface area contributed by atoms with Gasteiger partial charge in [0, 0.05) is 33.4 Å². The Morgan fingerprint density at radius 1 is 0.390 bits per heavy atom. The van der Waals surface area contributed by atoms with Crippen molar-refractivity contribution >= 4 is 39.0 Å². The van der Waals surface area contributed by atoms with E-state index < -0.39 is 5.41 Å². The summed E-state index contributed by atoms with van der Waals surface area (Å²) in [6.07, 6.45) is 0. The molecule has 0 unspecified atom stereocenters. The van der Waals surface area contributed by atoms with Crippen LogP contribution in [0.5, 0.6) is 5.75 Å². The first kappa shape index (κ1) is 34.6. The van der Waals surface area contributed by atoms with Crippen LogP contribution in [-0.2, 0) is 5.41 Å². The van der Waals surface area contributed by atoms with Crippen molar-refractivity contribution in [1.29, 1.82) is 0 Å². The lowest BCUT2D eigenvalue weighted by Crippen LogP contribution is -2.28. The quantitative estimate of drug-likeness (QED) is 0.154. The number of methoxy groups -OCH3 is 1. The SMILES string of the molecule is COc1ccc(-c2ccc(N(c3ccc(-c4cccc5c4oc4ccccc45)cc3)c3ccc(C4(c5ccccc5)c5ccccc5-c5ccccc54)cc3)cc2)cc1. The van der Waals surface area contributed by atoms with Crippen LogP contribution in [0.4, 0.5) is 17.1 Å². The molecule has 3 nitrogen and oxygen atoms in total. The van der Waals surface area contributed by atoms with Gasteiger partial charge < -0.3 is 14.1 Å². The van der Waals surface area contributed by atoms with Gasteiger partial charge in [-0.05, 0) is 105 Å². The Morgan fingerprint density at radius 3 is 1.49 bits per heavy atom. The summed E-state index contributed by atoms with van der Waals surface area (Å²) in [6, 6.07) is 78.6. The van der Waals surface area contributed by atoms with E-state index in [-0.39, 0.29) is 0 Å². The number of hydrogen-bond donors (Lipinski definition) is 0. The van der Waals surface area contributed by atoms with Gasteiger partial charge in [-0.1, -0.05) is 164 Å². The first-order chi connectivity index (χ1) is 29.2. The lowest BCUT2D eigenvalue weighted by Gasteiger charge is -2.34. The van der Waals surface area contributed by atoms with Crippen molar-refractivity contribution in [1.82, 2.24) is 0 Å². The zero-order valence-corrected chi connectivity index (χ0v) is 32.5. The van der Waals surface area contributed by atoms with Crippen LogP contribution in [0.25, 0.3) is 55.3 Å². The van der Waals surface area contributed by atoms with E-state index in [0.717, 1.165) is 67.0 Å². The van der Waals surface area contributed by atoms with E-state index in [0.29, 0.717) is 0 Å². The summed E-state index contributed by atoms with van der Waals surface area (Å²) in [5.74, 6) is 0.846. The Kier molecular flexibility index (Phi) is 8.27. The number of nitrogens with zero attached hydrogens (tertiary/aromatic N) is 1. The molecule has 9 aromatic carbocycles. The van der Waals surface area contributed by atoms with Gasteiger partial charge in [0.25, 0.3) is 0 Å². The van der Waals surface area contributed by atoms with Gasteiger partial charge in [0.2, 0.25) is 0 Å². The van der Waals surface area contributed by atoms with Crippen molar-refractivity contribution in [3.63, 3.8) is 0 Å². The van der Waals surface area contributed by atoms with Crippen LogP contribution in [0.1, 0.15) is 22.3 Å². The summed E-state index contributed by atoms with van der Waals surface area (Å²) in [5, 5.41) is 2.26. The molecule has 0 spiro atoms. The minimum Gasteiger partial charge on any atom is -0.497 e. The molecule has 1 aliphatic carbocycles. The molecule has 0 bridgehead atoms. The van der Waals surface area contributed by atoms with Gasteiger partial charge in [0.05, 0.1) is 12.5 Å². The summed E-state index contributed by atoms with van der Waals surface area (Å²) in [5.41, 5.74) is 16.7. The zero-order chi connectivity index (χ0) is 39.3. The molecular formula is C56H39NO2. The second-order valence-electron chi connectivity index (χ2n) is 15.2. The molecule has 0 amide bonds. The summed E-state index contributed by atoms with van der Waals surface area (Å²) < 4.78 is 11.9. The minimum absolute atomic E-state index is 0.461. The van der Waals surface area contributed by atoms with Crippen molar-refractivity contribution in [3.05, 3.63) is 241 Å². The van der Waals surface area contributed by atoms with E-state index in [2.05, 4.69) is 199 Å². The summed E-state index contributed by atoms with van der Waals surface area (Å²) in [7, 11) is 1.70. The summed E-state index contributed by atoms with van der Waals surface area (Å²) in [6.45, 7) is 0. The second kappa shape index (κ2) is 14.1. The van der Waals surface area contributed by atoms with Crippen LogP contribution in [0.15, 0.2) is 223 Å². The van der Waals surface area contributed by atoms with Gasteiger partial charge >= 0.3 is 0 Å². The maximum Gasteiger partial charge on any atom is 0.143 e. The third-order valence-electron chi connectivity index (χ3n) is 12.1. The van der Waals surface area contributed by atoms with Crippen molar-refractivity contribution in [2.24, 2.45) is 0 Å². The predicted molar refractivity (Wildman–Crippen MR) is 243 cm³/mol. The Balaban J connectivity index is 1.04. The highest BCUT2D eigenvalue weighted by Crippen LogP contribution is 2.56. The molecule has 0 saturated carbocycles. The van der Waals surface area contributed by atoms with Crippen LogP contribution in [-0.4, -0.2) is 7.11 Å². The lowest BCUT2D eigenvalue weighted by molar-refractivity contribution is 0.415. The topological polar surface area (TPSA) is 25.6 Å². The lowest BCUT2D eigenvalue weighted by atomic mass is 9.68. The molecular weight excluding hydrogens is 719 g/mol. The van der Waals surface area contributed by atoms with Crippen molar-refractivity contribution in [3.8, 4) is 39.1 Å². The van der Waals surface area contributed by atoms with Crippen LogP contribution in [0.3, 0.4) is 0 Å². The van der Waals surface area contributed by atoms with Crippen LogP contribution in [0, 0.1) is 0 Å². The van der Waals surface area contributed by atoms with E-state index in [1.54, 1.807) is 7.11 Å². The van der Waals surface area contributed by atoms with Crippen LogP contribution in [0.2, 0.25) is 0 Å². The fourth-order valence-corrected chi connectivity index (χ4v) is 9.37. The third kappa shape index (κ3) is 5.58. The highest BCUT2D eigenvalue weighted by Gasteiger charge is 2.45. The van der Waals surface area contributed by atoms with Crippen molar-refractivity contribution < 1.29 is 9.15 Å². The number of ether oxygens (including phenoxy) is 1. The molecule has 0 aliphatic heterocycles. The zero-order valence-electron chi connectivity index (χ0n) is 32.5. The maximum atomic E-state index is 6.43. The number of hydrogen-bond acceptors (Lipinski definition) is 3. The third-order valence-corrected chi connectivity index (χ3v) is 12.1. The molecule has 10 aromatic rings. The average molecular weight is 758 g/mol. The highest BCUT2D eigenvalue weighted by molar-refractivity contribution is 6.09. The van der Waals surface area contributed by atoms with Gasteiger partial charge in [0.15, 0.2) is 0 Å². The molecule has 0 fully saturated rings. The molecule has 1 aromatic heterocycles. The molecule has 59 heavy (non-hydrogen) atoms. The van der Waals surface area contributed by atoms with Crippen LogP contribution >= 0.6 is 0 Å². The highest BCUT2D eigenvalue weighted by atomic mass is 16.5. The summed E-state index contributed by atoms with van der Waals surface area (Å²) in [4.78, 5) is 2.35. The van der Waals surface area contributed by atoms with Crippen molar-refractivity contribution in [2.45, 2.75) is 5.41 Å². The standard InChI is InChI=1S/C56H39NO2/c1-58-46-36-26-39(27-37-46)38-22-30-43(31-23-38)57(44-32-24-40(25-33-44)47-17-11-18-51-50-16-7-10-21-54(50)59-55(47)51)45-34-28-42(29-35-45)56(41-12-3-2-4-13-41)52-19-8-5-14-48(52)49-15-6-9-20-53(49)56/h2-37H,1H3. The first-order valence-corrected chi connectivity index (χ1v) is 20.1. The molecule has 0 atom stereocenters. The molecule has 1 heterocycles. The van der Waals surface area contributed by atoms with Gasteiger partial charge in [-0.2, -0.15) is 0 Å². The predicted octanol–water partition coefficient (Wildman–Crippen LogP) is 14.8. The Labute approximate surface area is 344 Å². The number of rotatable bonds is 8. The van der Waals surface area contributed by atoms with E-state index in [1.807, 2.05) is 24.3 Å². The van der Waals surface area contributed by atoms with E-state index >= 15 is 0 Å². The molecule has 0 N–H and O–H groups in total. The summed E-state index contributed by atoms with van der Waals surface area (Å²) >= 11 is 0. The number of benzene rings is 9. The van der Waals surface area contributed by atoms with E-state index in [9.17, 15) is 0 Å². The van der Waals surface area contributed by atoms with E-state index in [4.69, 9.17) is 9.15 Å². The molecule has 0 saturated heterocycles. The molecule has 280 valence electrons. The monoisotopic (exact) mass is 757 g/mol. The molecule has 1 aliphatic rings. The smallest absolute Gasteiger partial charge is 0.143 e. The van der Waals surface area contributed by atoms with Crippen LogP contribution < -0.4 is 9.64 Å². The normalized spacial score (nSPS) is 12.6. The number of fused-ring (bicyclic) bond motifs is 6. The van der Waals surface area contributed by atoms with Gasteiger partial charge in [-0.25, -0.2) is 0 Å². The number of para-hydroxylation sites is 2. The number of furan rings is 1. The fourth-order valence-electron chi connectivity index (χ4n) is 9.37. The maximum absolute atomic E-state index is 6.43. The van der Waals surface area contributed by atoms with Gasteiger partial charge in [0.1, 0.15) is 16.9 Å². The Bertz CT molecular complexity index is 3060. The molecule has 0 radical (unpaired) electrons. The molecule has 3 heteroatoms. The number of anilines is 3. The van der Waals surface area contributed by atoms with Gasteiger partial charge in [-0.15, -0.1) is 0 Å². The van der Waals surface area contributed by atoms with E-state index in [1.165, 1.54) is 33.4 Å². The Hall–Kier alpha value is -7.62. The second-order valence-corrected chi connectivity index (χ2v) is 15.2. The fraction of sp³-hybridized carbons (Fsp3) is 0.0357. The Morgan fingerprint density at radius 2 is 0.864 bits per heavy atom. The largest absolute Gasteiger partial charge is 0.497 e. The molecule has 11 rings (SSSR count).